The highest BCUT2D eigenvalue weighted by Gasteiger charge is 2.18. The number of halogens is 1. The maximum Gasteiger partial charge on any atom is 0.336 e. The molecule has 2 aromatic carbocycles. The molecule has 1 atom stereocenters. The van der Waals surface area contributed by atoms with E-state index < -0.39 is 22.7 Å². The predicted molar refractivity (Wildman–Crippen MR) is 119 cm³/mol. The van der Waals surface area contributed by atoms with Crippen molar-refractivity contribution in [2.45, 2.75) is 32.6 Å². The number of esters is 1. The summed E-state index contributed by atoms with van der Waals surface area (Å²) < 4.78 is 23.5. The topological polar surface area (TPSA) is 85.6 Å². The van der Waals surface area contributed by atoms with Gasteiger partial charge < -0.3 is 14.5 Å². The largest absolute Gasteiger partial charge is 0.460 e. The third-order valence-electron chi connectivity index (χ3n) is 4.74. The quantitative estimate of drug-likeness (QED) is 0.432. The number of hydrogen-bond acceptors (Lipinski definition) is 6. The van der Waals surface area contributed by atoms with E-state index in [4.69, 9.17) is 9.15 Å². The summed E-state index contributed by atoms with van der Waals surface area (Å²) >= 11 is 1.12. The van der Waals surface area contributed by atoms with Gasteiger partial charge in [-0.25, -0.2) is 9.18 Å². The van der Waals surface area contributed by atoms with Crippen LogP contribution in [0.1, 0.15) is 23.6 Å². The van der Waals surface area contributed by atoms with E-state index in [1.165, 1.54) is 30.3 Å². The average Bonchev–Trinajstić information content (AvgIpc) is 2.73. The lowest BCUT2D eigenvalue weighted by atomic mass is 10.0. The standard InChI is InChI=1S/C23H22FNO5S/c1-13-8-19-16(10-22(27)30-20(19)9-14(13)2)11-29-23(28)15(3)31-12-21(26)25-18-6-4-17(24)5-7-18/h4-10,15H,11-12H2,1-3H3,(H,25,26). The Bertz CT molecular complexity index is 1170. The molecule has 0 spiro atoms. The van der Waals surface area contributed by atoms with Crippen molar-refractivity contribution in [1.29, 1.82) is 0 Å². The van der Waals surface area contributed by atoms with E-state index in [1.807, 2.05) is 19.9 Å². The number of rotatable bonds is 7. The summed E-state index contributed by atoms with van der Waals surface area (Å²) in [4.78, 5) is 36.2. The van der Waals surface area contributed by atoms with Crippen LogP contribution in [0.4, 0.5) is 10.1 Å². The van der Waals surface area contributed by atoms with Gasteiger partial charge in [0.2, 0.25) is 5.91 Å². The van der Waals surface area contributed by atoms with Crippen LogP contribution in [0.5, 0.6) is 0 Å². The van der Waals surface area contributed by atoms with Crippen molar-refractivity contribution >= 4 is 40.3 Å². The van der Waals surface area contributed by atoms with Gasteiger partial charge in [0, 0.05) is 22.7 Å². The minimum Gasteiger partial charge on any atom is -0.460 e. The summed E-state index contributed by atoms with van der Waals surface area (Å²) in [5.74, 6) is -1.17. The second-order valence-electron chi connectivity index (χ2n) is 7.14. The van der Waals surface area contributed by atoms with Gasteiger partial charge in [0.1, 0.15) is 23.3 Å². The molecule has 1 unspecified atom stereocenters. The summed E-state index contributed by atoms with van der Waals surface area (Å²) in [7, 11) is 0. The fourth-order valence-electron chi connectivity index (χ4n) is 2.87. The maximum absolute atomic E-state index is 12.9. The molecule has 0 fully saturated rings. The van der Waals surface area contributed by atoms with Crippen LogP contribution < -0.4 is 10.9 Å². The zero-order valence-electron chi connectivity index (χ0n) is 17.4. The number of anilines is 1. The van der Waals surface area contributed by atoms with E-state index in [0.717, 1.165) is 28.3 Å². The Kier molecular flexibility index (Phi) is 7.12. The molecule has 3 aromatic rings. The van der Waals surface area contributed by atoms with Gasteiger partial charge in [-0.05, 0) is 68.3 Å². The Hall–Kier alpha value is -3.13. The smallest absolute Gasteiger partial charge is 0.336 e. The monoisotopic (exact) mass is 443 g/mol. The lowest BCUT2D eigenvalue weighted by Gasteiger charge is -2.13. The lowest BCUT2D eigenvalue weighted by molar-refractivity contribution is -0.143. The highest BCUT2D eigenvalue weighted by Crippen LogP contribution is 2.23. The summed E-state index contributed by atoms with van der Waals surface area (Å²) in [6, 6.07) is 10.4. The van der Waals surface area contributed by atoms with Crippen LogP contribution in [-0.4, -0.2) is 22.9 Å². The van der Waals surface area contributed by atoms with E-state index in [0.29, 0.717) is 16.8 Å². The molecule has 0 saturated carbocycles. The van der Waals surface area contributed by atoms with E-state index in [9.17, 15) is 18.8 Å². The fraction of sp³-hybridized carbons (Fsp3) is 0.261. The lowest BCUT2D eigenvalue weighted by Crippen LogP contribution is -2.21. The first kappa shape index (κ1) is 22.6. The molecular weight excluding hydrogens is 421 g/mol. The average molecular weight is 443 g/mol. The van der Waals surface area contributed by atoms with Crippen molar-refractivity contribution in [2.24, 2.45) is 0 Å². The number of ether oxygens (including phenoxy) is 1. The molecule has 0 saturated heterocycles. The number of hydrogen-bond donors (Lipinski definition) is 1. The van der Waals surface area contributed by atoms with Crippen LogP contribution >= 0.6 is 11.8 Å². The Balaban J connectivity index is 1.56. The molecule has 1 amide bonds. The second-order valence-corrected chi connectivity index (χ2v) is 8.47. The van der Waals surface area contributed by atoms with Gasteiger partial charge in [-0.2, -0.15) is 0 Å². The first-order valence-electron chi connectivity index (χ1n) is 9.60. The van der Waals surface area contributed by atoms with Crippen molar-refractivity contribution < 1.29 is 23.1 Å². The number of amides is 1. The van der Waals surface area contributed by atoms with Crippen molar-refractivity contribution in [1.82, 2.24) is 0 Å². The van der Waals surface area contributed by atoms with Gasteiger partial charge in [-0.3, -0.25) is 9.59 Å². The van der Waals surface area contributed by atoms with Crippen molar-refractivity contribution in [3.63, 3.8) is 0 Å². The first-order valence-corrected chi connectivity index (χ1v) is 10.7. The third kappa shape index (κ3) is 5.95. The van der Waals surface area contributed by atoms with Crippen LogP contribution in [0.15, 0.2) is 51.7 Å². The maximum atomic E-state index is 12.9. The molecule has 0 aliphatic rings. The van der Waals surface area contributed by atoms with Gasteiger partial charge >= 0.3 is 11.6 Å². The highest BCUT2D eigenvalue weighted by atomic mass is 32.2. The van der Waals surface area contributed by atoms with Crippen molar-refractivity contribution in [3.05, 3.63) is 75.4 Å². The Morgan fingerprint density at radius 1 is 1.13 bits per heavy atom. The molecule has 6 nitrogen and oxygen atoms in total. The van der Waals surface area contributed by atoms with Gasteiger partial charge in [-0.1, -0.05) is 0 Å². The molecular formula is C23H22FNO5S. The Labute approximate surface area is 182 Å². The predicted octanol–water partition coefficient (Wildman–Crippen LogP) is 4.35. The number of fused-ring (bicyclic) bond motifs is 1. The van der Waals surface area contributed by atoms with E-state index in [2.05, 4.69) is 5.32 Å². The number of benzene rings is 2. The van der Waals surface area contributed by atoms with Crippen molar-refractivity contribution in [3.8, 4) is 0 Å². The molecule has 0 radical (unpaired) electrons. The van der Waals surface area contributed by atoms with E-state index in [-0.39, 0.29) is 18.3 Å². The fourth-order valence-corrected chi connectivity index (χ4v) is 3.55. The van der Waals surface area contributed by atoms with Gasteiger partial charge in [0.25, 0.3) is 0 Å². The molecule has 0 aliphatic heterocycles. The van der Waals surface area contributed by atoms with E-state index in [1.54, 1.807) is 13.0 Å². The summed E-state index contributed by atoms with van der Waals surface area (Å²) in [6.07, 6.45) is 0. The summed E-state index contributed by atoms with van der Waals surface area (Å²) in [5.41, 5.74) is 3.00. The zero-order chi connectivity index (χ0) is 22.5. The number of aryl methyl sites for hydroxylation is 2. The molecule has 1 N–H and O–H groups in total. The minimum absolute atomic E-state index is 0.0317. The van der Waals surface area contributed by atoms with Crippen molar-refractivity contribution in [2.75, 3.05) is 11.1 Å². The minimum atomic E-state index is -0.589. The molecule has 0 bridgehead atoms. The van der Waals surface area contributed by atoms with Crippen LogP contribution in [0, 0.1) is 19.7 Å². The van der Waals surface area contributed by atoms with Crippen LogP contribution in [0.3, 0.4) is 0 Å². The Morgan fingerprint density at radius 2 is 1.81 bits per heavy atom. The Morgan fingerprint density at radius 3 is 2.52 bits per heavy atom. The number of thioether (sulfide) groups is 1. The molecule has 8 heteroatoms. The van der Waals surface area contributed by atoms with Crippen LogP contribution in [-0.2, 0) is 20.9 Å². The molecule has 1 heterocycles. The third-order valence-corrected chi connectivity index (χ3v) is 5.86. The first-order chi connectivity index (χ1) is 14.7. The second kappa shape index (κ2) is 9.78. The zero-order valence-corrected chi connectivity index (χ0v) is 18.2. The summed E-state index contributed by atoms with van der Waals surface area (Å²) in [5, 5.41) is 2.76. The molecule has 162 valence electrons. The SMILES string of the molecule is Cc1cc2oc(=O)cc(COC(=O)C(C)SCC(=O)Nc3ccc(F)cc3)c2cc1C. The molecule has 3 rings (SSSR count). The molecule has 31 heavy (non-hydrogen) atoms. The van der Waals surface area contributed by atoms with Crippen LogP contribution in [0.25, 0.3) is 11.0 Å². The highest BCUT2D eigenvalue weighted by molar-refractivity contribution is 8.01. The number of nitrogens with one attached hydrogen (secondary N) is 1. The van der Waals surface area contributed by atoms with Gasteiger partial charge in [0.15, 0.2) is 0 Å². The van der Waals surface area contributed by atoms with E-state index >= 15 is 0 Å². The van der Waals surface area contributed by atoms with Crippen LogP contribution in [0.2, 0.25) is 0 Å². The number of carbonyl (C=O) groups is 2. The molecule has 0 aliphatic carbocycles. The normalized spacial score (nSPS) is 11.9. The van der Waals surface area contributed by atoms with Gasteiger partial charge in [0.05, 0.1) is 5.75 Å². The molecule has 1 aromatic heterocycles. The number of carbonyl (C=O) groups excluding carboxylic acids is 2. The van der Waals surface area contributed by atoms with Gasteiger partial charge in [-0.15, -0.1) is 11.8 Å². The summed E-state index contributed by atoms with van der Waals surface area (Å²) in [6.45, 7) is 5.44.